The van der Waals surface area contributed by atoms with Crippen LogP contribution in [0.2, 0.25) is 0 Å². The number of carbonyl (C=O) groups is 1. The van der Waals surface area contributed by atoms with Gasteiger partial charge in [-0.2, -0.15) is 0 Å². The Morgan fingerprint density at radius 1 is 0.391 bits per heavy atom. The highest BCUT2D eigenvalue weighted by molar-refractivity contribution is 5.96. The summed E-state index contributed by atoms with van der Waals surface area (Å²) in [5.74, 6) is 1.91. The Bertz CT molecular complexity index is 3230. The third-order valence-corrected chi connectivity index (χ3v) is 14.3. The molecular formula is C78H102N8O. The predicted molar refractivity (Wildman–Crippen MR) is 372 cm³/mol. The first kappa shape index (κ1) is 71.2. The molecule has 87 heavy (non-hydrogen) atoms. The number of Topliss-reactive ketones (excluding diaryl/α,β-unsaturated/α-hetero) is 1. The van der Waals surface area contributed by atoms with Crippen LogP contribution in [-0.2, 0) is 58.2 Å². The fraction of sp³-hybridized carbons (Fsp3) is 0.359. The molecule has 12 rings (SSSR count). The lowest BCUT2D eigenvalue weighted by molar-refractivity contribution is 0.0987. The van der Waals surface area contributed by atoms with Gasteiger partial charge >= 0.3 is 0 Å². The fourth-order valence-corrected chi connectivity index (χ4v) is 10.4. The number of rotatable bonds is 13. The highest BCUT2D eigenvalue weighted by Gasteiger charge is 2.25. The van der Waals surface area contributed by atoms with Gasteiger partial charge in [0, 0.05) is 57.4 Å². The summed E-state index contributed by atoms with van der Waals surface area (Å²) in [6.07, 6.45) is 14.5. The van der Waals surface area contributed by atoms with Crippen molar-refractivity contribution in [1.29, 1.82) is 0 Å². The average Bonchev–Trinajstić information content (AvgIpc) is 2.80. The van der Waals surface area contributed by atoms with Crippen LogP contribution in [0.1, 0.15) is 169 Å². The van der Waals surface area contributed by atoms with Crippen LogP contribution in [0, 0.1) is 6.92 Å². The molecule has 9 aromatic rings. The molecule has 3 aliphatic rings. The van der Waals surface area contributed by atoms with Crippen molar-refractivity contribution in [2.24, 2.45) is 0 Å². The molecule has 0 fully saturated rings. The second-order valence-corrected chi connectivity index (χ2v) is 19.7. The molecule has 0 atom stereocenters. The Hall–Kier alpha value is -8.30. The van der Waals surface area contributed by atoms with Gasteiger partial charge in [-0.05, 0) is 97.2 Å². The minimum atomic E-state index is 0.0109. The lowest BCUT2D eigenvalue weighted by atomic mass is 9.96. The summed E-state index contributed by atoms with van der Waals surface area (Å²) in [6.45, 7) is 32.0. The summed E-state index contributed by atoms with van der Waals surface area (Å²) < 4.78 is 0. The summed E-state index contributed by atoms with van der Waals surface area (Å²) in [6, 6.07) is 62.5. The summed E-state index contributed by atoms with van der Waals surface area (Å²) in [4.78, 5) is 43.5. The first-order chi connectivity index (χ1) is 43.0. The van der Waals surface area contributed by atoms with E-state index < -0.39 is 0 Å². The highest BCUT2D eigenvalue weighted by Crippen LogP contribution is 2.33. The quantitative estimate of drug-likeness (QED) is 0.105. The lowest BCUT2D eigenvalue weighted by Crippen LogP contribution is -2.31. The maximum Gasteiger partial charge on any atom is 0.187 e. The maximum atomic E-state index is 12.6. The molecule has 460 valence electrons. The normalized spacial score (nSPS) is 12.0. The van der Waals surface area contributed by atoms with Crippen molar-refractivity contribution in [3.63, 3.8) is 0 Å². The van der Waals surface area contributed by atoms with E-state index in [1.807, 2.05) is 156 Å². The molecule has 9 nitrogen and oxygen atoms in total. The van der Waals surface area contributed by atoms with E-state index in [9.17, 15) is 4.79 Å². The molecule has 0 aliphatic carbocycles. The van der Waals surface area contributed by atoms with Gasteiger partial charge in [-0.1, -0.05) is 265 Å². The van der Waals surface area contributed by atoms with E-state index >= 15 is 0 Å². The molecule has 0 radical (unpaired) electrons. The largest absolute Gasteiger partial charge is 0.365 e. The molecule has 0 N–H and O–H groups in total. The number of anilines is 3. The van der Waals surface area contributed by atoms with Crippen molar-refractivity contribution in [1.82, 2.24) is 24.9 Å². The fourth-order valence-electron chi connectivity index (χ4n) is 10.4. The van der Waals surface area contributed by atoms with E-state index in [2.05, 4.69) is 153 Å². The zero-order valence-corrected chi connectivity index (χ0v) is 55.1. The number of pyridine rings is 1. The van der Waals surface area contributed by atoms with Gasteiger partial charge in [0.15, 0.2) is 17.4 Å². The molecule has 0 saturated carbocycles. The number of aryl methyl sites for hydroxylation is 5. The van der Waals surface area contributed by atoms with Crippen molar-refractivity contribution in [3.05, 3.63) is 262 Å². The number of benzene rings is 6. The van der Waals surface area contributed by atoms with E-state index in [-0.39, 0.29) is 5.78 Å². The van der Waals surface area contributed by atoms with Crippen molar-refractivity contribution in [2.75, 3.05) is 34.3 Å². The van der Waals surface area contributed by atoms with Gasteiger partial charge in [0.2, 0.25) is 0 Å². The van der Waals surface area contributed by atoms with Gasteiger partial charge in [0.1, 0.15) is 5.69 Å². The molecule has 0 bridgehead atoms. The van der Waals surface area contributed by atoms with Crippen molar-refractivity contribution >= 4 is 23.1 Å². The van der Waals surface area contributed by atoms with E-state index in [0.29, 0.717) is 12.1 Å². The van der Waals surface area contributed by atoms with E-state index in [1.54, 1.807) is 6.20 Å². The Kier molecular flexibility index (Phi) is 34.1. The maximum absolute atomic E-state index is 12.6. The van der Waals surface area contributed by atoms with E-state index in [4.69, 9.17) is 15.0 Å². The van der Waals surface area contributed by atoms with Crippen LogP contribution in [-0.4, -0.2) is 50.3 Å². The third-order valence-electron chi connectivity index (χ3n) is 14.3. The standard InChI is InChI=1S/C24H26N2.C22H21N3O.C20H19N3.6C2H6/c1-19-22(15-14-20-9-4-2-5-10-20)17-25-23-13-8-16-26(24(19)23)18-21-11-6-3-7-12-21;26-21(14-17-8-3-1-4-9-17)20-15-23-19-12-7-13-25(22(19)24-20)16-18-10-5-2-6-11-18;1-3-8-16(9-4-1)15-23-13-7-12-18-20(23)22-19(14-21-18)17-10-5-2-6-11-17;6*1-2/h2-7,9-12,17H,8,13-16,18H2,1H3;1-6,8-11,15H,7,12-14,16H2;1-6,8-11,14H,7,12-13,15H2;6*1-2H3. The predicted octanol–water partition coefficient (Wildman–Crippen LogP) is 19.2. The molecule has 0 spiro atoms. The third kappa shape index (κ3) is 22.2. The SMILES string of the molecule is CC.CC.CC.CC.CC.CC.Cc1c(CCc2ccccc2)cnc2c1N(Cc1ccccc1)CCC2.O=C(Cc1ccccc1)c1cnc2c(n1)N(Cc1ccccc1)CCC2.c1ccc(CN2CCCc3ncc(-c4ccccc4)nc32)cc1. The van der Waals surface area contributed by atoms with Gasteiger partial charge in [0.25, 0.3) is 0 Å². The second kappa shape index (κ2) is 41.7. The van der Waals surface area contributed by atoms with Crippen LogP contribution < -0.4 is 14.7 Å². The number of hydrogen-bond donors (Lipinski definition) is 0. The Morgan fingerprint density at radius 3 is 1.23 bits per heavy atom. The van der Waals surface area contributed by atoms with Crippen LogP contribution >= 0.6 is 0 Å². The zero-order chi connectivity index (χ0) is 63.0. The first-order valence-corrected chi connectivity index (χ1v) is 32.7. The molecule has 6 heterocycles. The number of ketones is 1. The van der Waals surface area contributed by atoms with Crippen LogP contribution in [0.5, 0.6) is 0 Å². The number of fused-ring (bicyclic) bond motifs is 3. The van der Waals surface area contributed by atoms with Crippen LogP contribution in [0.15, 0.2) is 201 Å². The number of aromatic nitrogens is 5. The van der Waals surface area contributed by atoms with Gasteiger partial charge in [-0.25, -0.2) is 9.97 Å². The first-order valence-electron chi connectivity index (χ1n) is 32.7. The van der Waals surface area contributed by atoms with E-state index in [1.165, 1.54) is 51.2 Å². The molecule has 0 unspecified atom stereocenters. The number of carbonyl (C=O) groups excluding carboxylic acids is 1. The molecule has 3 aromatic heterocycles. The molecular weight excluding hydrogens is 1060 g/mol. The lowest BCUT2D eigenvalue weighted by Gasteiger charge is -2.33. The van der Waals surface area contributed by atoms with Gasteiger partial charge < -0.3 is 14.7 Å². The zero-order valence-electron chi connectivity index (χ0n) is 55.1. The monoisotopic (exact) mass is 1170 g/mol. The molecule has 6 aromatic carbocycles. The summed E-state index contributed by atoms with van der Waals surface area (Å²) in [7, 11) is 0. The number of nitrogens with zero attached hydrogens (tertiary/aromatic N) is 8. The minimum Gasteiger partial charge on any atom is -0.365 e. The number of hydrogen-bond acceptors (Lipinski definition) is 9. The highest BCUT2D eigenvalue weighted by atomic mass is 16.1. The summed E-state index contributed by atoms with van der Waals surface area (Å²) in [5.41, 5.74) is 16.4. The minimum absolute atomic E-state index is 0.0109. The average molecular weight is 1170 g/mol. The Morgan fingerprint density at radius 2 is 0.759 bits per heavy atom. The molecule has 0 amide bonds. The van der Waals surface area contributed by atoms with Gasteiger partial charge in [-0.3, -0.25) is 19.7 Å². The van der Waals surface area contributed by atoms with Crippen LogP contribution in [0.3, 0.4) is 0 Å². The van der Waals surface area contributed by atoms with Gasteiger partial charge in [0.05, 0.1) is 40.9 Å². The summed E-state index contributed by atoms with van der Waals surface area (Å²) >= 11 is 0. The topological polar surface area (TPSA) is 91.2 Å². The van der Waals surface area contributed by atoms with Crippen LogP contribution in [0.25, 0.3) is 11.3 Å². The van der Waals surface area contributed by atoms with Gasteiger partial charge in [-0.15, -0.1) is 0 Å². The Balaban J connectivity index is 0.000000257. The van der Waals surface area contributed by atoms with Crippen molar-refractivity contribution in [3.8, 4) is 11.3 Å². The van der Waals surface area contributed by atoms with Crippen molar-refractivity contribution < 1.29 is 4.79 Å². The van der Waals surface area contributed by atoms with E-state index in [0.717, 1.165) is 124 Å². The second-order valence-electron chi connectivity index (χ2n) is 19.7. The molecule has 9 heteroatoms. The molecule has 3 aliphatic heterocycles. The Labute approximate surface area is 525 Å². The smallest absolute Gasteiger partial charge is 0.187 e. The van der Waals surface area contributed by atoms with Crippen molar-refractivity contribution in [2.45, 2.75) is 167 Å². The van der Waals surface area contributed by atoms with Crippen LogP contribution in [0.4, 0.5) is 17.3 Å². The molecule has 0 saturated heterocycles. The summed E-state index contributed by atoms with van der Waals surface area (Å²) in [5, 5.41) is 0.